The van der Waals surface area contributed by atoms with Crippen LogP contribution >= 0.6 is 0 Å². The number of hydrogen-bond acceptors (Lipinski definition) is 4. The van der Waals surface area contributed by atoms with Crippen LogP contribution in [0, 0.1) is 5.82 Å². The van der Waals surface area contributed by atoms with Crippen LogP contribution in [0.15, 0.2) is 53.4 Å². The van der Waals surface area contributed by atoms with E-state index in [1.807, 2.05) is 24.3 Å². The minimum absolute atomic E-state index is 0.00951. The summed E-state index contributed by atoms with van der Waals surface area (Å²) in [5.41, 5.74) is 1.76. The van der Waals surface area contributed by atoms with Gasteiger partial charge in [0.15, 0.2) is 0 Å². The highest BCUT2D eigenvalue weighted by atomic mass is 32.2. The van der Waals surface area contributed by atoms with Gasteiger partial charge >= 0.3 is 0 Å². The van der Waals surface area contributed by atoms with E-state index in [4.69, 9.17) is 0 Å². The van der Waals surface area contributed by atoms with E-state index in [-0.39, 0.29) is 24.9 Å². The third kappa shape index (κ3) is 4.01. The quantitative estimate of drug-likeness (QED) is 0.646. The lowest BCUT2D eigenvalue weighted by Crippen LogP contribution is -2.34. The van der Waals surface area contributed by atoms with E-state index in [2.05, 4.69) is 14.7 Å². The number of sulfonamides is 1. The molecule has 7 nitrogen and oxygen atoms in total. The van der Waals surface area contributed by atoms with Gasteiger partial charge in [-0.2, -0.15) is 0 Å². The number of para-hydroxylation sites is 2. The highest BCUT2D eigenvalue weighted by molar-refractivity contribution is 7.89. The van der Waals surface area contributed by atoms with Gasteiger partial charge in [-0.3, -0.25) is 4.79 Å². The number of benzene rings is 2. The van der Waals surface area contributed by atoms with E-state index < -0.39 is 20.7 Å². The zero-order valence-corrected chi connectivity index (χ0v) is 16.5. The number of amides is 1. The lowest BCUT2D eigenvalue weighted by molar-refractivity contribution is -0.132. The predicted octanol–water partition coefficient (Wildman–Crippen LogP) is 2.73. The molecule has 1 fully saturated rings. The zero-order valence-electron chi connectivity index (χ0n) is 15.6. The highest BCUT2D eigenvalue weighted by Gasteiger charge is 2.32. The summed E-state index contributed by atoms with van der Waals surface area (Å²) in [5.74, 6) is -0.246. The first-order valence-electron chi connectivity index (χ1n) is 9.44. The number of aromatic nitrogens is 2. The molecule has 1 saturated heterocycles. The largest absolute Gasteiger partial charge is 0.340 e. The van der Waals surface area contributed by atoms with Crippen LogP contribution in [0.1, 0.15) is 31.1 Å². The summed E-state index contributed by atoms with van der Waals surface area (Å²) in [6, 6.07) is 12.7. The molecule has 1 unspecified atom stereocenters. The molecule has 4 rings (SSSR count). The number of aromatic amines is 1. The maximum atomic E-state index is 13.7. The third-order valence-corrected chi connectivity index (χ3v) is 6.55. The van der Waals surface area contributed by atoms with Crippen LogP contribution in [-0.4, -0.2) is 42.3 Å². The second-order valence-corrected chi connectivity index (χ2v) is 8.70. The van der Waals surface area contributed by atoms with Crippen molar-refractivity contribution in [2.45, 2.75) is 30.2 Å². The smallest absolute Gasteiger partial charge is 0.243 e. The maximum absolute atomic E-state index is 13.7. The van der Waals surface area contributed by atoms with Crippen LogP contribution in [0.2, 0.25) is 0 Å². The summed E-state index contributed by atoms with van der Waals surface area (Å²) < 4.78 is 40.5. The first kappa shape index (κ1) is 19.5. The summed E-state index contributed by atoms with van der Waals surface area (Å²) in [4.78, 5) is 21.9. The van der Waals surface area contributed by atoms with Crippen LogP contribution in [0.3, 0.4) is 0 Å². The van der Waals surface area contributed by atoms with Crippen LogP contribution in [-0.2, 0) is 14.8 Å². The van der Waals surface area contributed by atoms with Gasteiger partial charge in [0.05, 0.1) is 17.1 Å². The Morgan fingerprint density at radius 1 is 1.21 bits per heavy atom. The Bertz CT molecular complexity index is 1110. The number of nitrogens with zero attached hydrogens (tertiary/aromatic N) is 2. The van der Waals surface area contributed by atoms with Crippen molar-refractivity contribution in [2.75, 3.05) is 13.1 Å². The first-order valence-corrected chi connectivity index (χ1v) is 10.9. The fourth-order valence-corrected chi connectivity index (χ4v) is 4.76. The van der Waals surface area contributed by atoms with E-state index in [0.29, 0.717) is 6.54 Å². The van der Waals surface area contributed by atoms with Gasteiger partial charge in [-0.25, -0.2) is 22.5 Å². The number of halogens is 1. The summed E-state index contributed by atoms with van der Waals surface area (Å²) in [7, 11) is -4.01. The average Bonchev–Trinajstić information content (AvgIpc) is 3.34. The molecule has 0 radical (unpaired) electrons. The molecular formula is C20H21FN4O3S. The molecular weight excluding hydrogens is 395 g/mol. The van der Waals surface area contributed by atoms with Crippen molar-refractivity contribution in [1.82, 2.24) is 19.6 Å². The number of carbonyl (C=O) groups is 1. The first-order chi connectivity index (χ1) is 14.0. The molecule has 0 aliphatic carbocycles. The summed E-state index contributed by atoms with van der Waals surface area (Å²) >= 11 is 0. The van der Waals surface area contributed by atoms with E-state index in [0.717, 1.165) is 35.8 Å². The molecule has 1 aromatic heterocycles. The topological polar surface area (TPSA) is 95.2 Å². The minimum atomic E-state index is -4.01. The Kier molecular flexibility index (Phi) is 5.33. The van der Waals surface area contributed by atoms with Gasteiger partial charge in [-0.15, -0.1) is 0 Å². The molecule has 152 valence electrons. The Morgan fingerprint density at radius 3 is 2.76 bits per heavy atom. The van der Waals surface area contributed by atoms with E-state index >= 15 is 0 Å². The van der Waals surface area contributed by atoms with E-state index in [9.17, 15) is 17.6 Å². The zero-order chi connectivity index (χ0) is 20.4. The molecule has 1 aliphatic rings. The maximum Gasteiger partial charge on any atom is 0.243 e. The van der Waals surface area contributed by atoms with Crippen molar-refractivity contribution in [3.8, 4) is 0 Å². The van der Waals surface area contributed by atoms with Crippen molar-refractivity contribution in [2.24, 2.45) is 0 Å². The molecule has 3 aromatic rings. The molecule has 0 spiro atoms. The molecule has 2 N–H and O–H groups in total. The summed E-state index contributed by atoms with van der Waals surface area (Å²) in [6.07, 6.45) is 1.64. The number of imidazole rings is 1. The van der Waals surface area contributed by atoms with Crippen molar-refractivity contribution < 1.29 is 17.6 Å². The Morgan fingerprint density at radius 2 is 1.97 bits per heavy atom. The summed E-state index contributed by atoms with van der Waals surface area (Å²) in [6.45, 7) is 0.499. The Hall–Kier alpha value is -2.78. The van der Waals surface area contributed by atoms with E-state index in [1.165, 1.54) is 18.2 Å². The van der Waals surface area contributed by atoms with Crippen LogP contribution in [0.4, 0.5) is 4.39 Å². The third-order valence-electron chi connectivity index (χ3n) is 5.05. The SMILES string of the molecule is O=C(CCNS(=O)(=O)c1ccccc1F)N1CCCC1c1nc2ccccc2[nH]1. The highest BCUT2D eigenvalue weighted by Crippen LogP contribution is 2.31. The van der Waals surface area contributed by atoms with Gasteiger partial charge in [0.25, 0.3) is 0 Å². The number of hydrogen-bond donors (Lipinski definition) is 2. The van der Waals surface area contributed by atoms with Crippen LogP contribution in [0.5, 0.6) is 0 Å². The van der Waals surface area contributed by atoms with Crippen molar-refractivity contribution in [3.63, 3.8) is 0 Å². The molecule has 9 heteroatoms. The number of fused-ring (bicyclic) bond motifs is 1. The van der Waals surface area contributed by atoms with Crippen molar-refractivity contribution >= 4 is 27.0 Å². The van der Waals surface area contributed by atoms with Crippen LogP contribution in [0.25, 0.3) is 11.0 Å². The minimum Gasteiger partial charge on any atom is -0.340 e. The lowest BCUT2D eigenvalue weighted by Gasteiger charge is -2.23. The Labute approximate surface area is 168 Å². The fourth-order valence-electron chi connectivity index (χ4n) is 3.66. The molecule has 1 atom stereocenters. The molecule has 29 heavy (non-hydrogen) atoms. The number of rotatable bonds is 6. The van der Waals surface area contributed by atoms with Crippen molar-refractivity contribution in [1.29, 1.82) is 0 Å². The monoisotopic (exact) mass is 416 g/mol. The van der Waals surface area contributed by atoms with Gasteiger partial charge in [-0.1, -0.05) is 24.3 Å². The van der Waals surface area contributed by atoms with Gasteiger partial charge < -0.3 is 9.88 Å². The average molecular weight is 416 g/mol. The number of carbonyl (C=O) groups excluding carboxylic acids is 1. The number of H-pyrrole nitrogens is 1. The van der Waals surface area contributed by atoms with Crippen LogP contribution < -0.4 is 4.72 Å². The Balaban J connectivity index is 1.41. The van der Waals surface area contributed by atoms with Gasteiger partial charge in [0.1, 0.15) is 16.5 Å². The van der Waals surface area contributed by atoms with Gasteiger partial charge in [0.2, 0.25) is 15.9 Å². The molecule has 2 aromatic carbocycles. The normalized spacial score (nSPS) is 17.1. The predicted molar refractivity (Wildman–Crippen MR) is 106 cm³/mol. The molecule has 0 saturated carbocycles. The fraction of sp³-hybridized carbons (Fsp3) is 0.300. The number of likely N-dealkylation sites (tertiary alicyclic amines) is 1. The second-order valence-electron chi connectivity index (χ2n) is 6.96. The summed E-state index contributed by atoms with van der Waals surface area (Å²) in [5, 5.41) is 0. The standard InChI is InChI=1S/C20H21FN4O3S/c21-14-6-1-4-10-18(14)29(27,28)22-12-11-19(26)25-13-5-9-17(25)20-23-15-7-2-3-8-16(15)24-20/h1-4,6-8,10,17,22H,5,9,11-13H2,(H,23,24). The number of nitrogens with one attached hydrogen (secondary N) is 2. The van der Waals surface area contributed by atoms with E-state index in [1.54, 1.807) is 4.90 Å². The second kappa shape index (κ2) is 7.92. The molecule has 1 aliphatic heterocycles. The molecule has 2 heterocycles. The van der Waals surface area contributed by atoms with Crippen molar-refractivity contribution in [3.05, 3.63) is 60.2 Å². The van der Waals surface area contributed by atoms with Gasteiger partial charge in [0, 0.05) is 19.5 Å². The molecule has 0 bridgehead atoms. The molecule has 1 amide bonds. The lowest BCUT2D eigenvalue weighted by atomic mass is 10.2. The van der Waals surface area contributed by atoms with Gasteiger partial charge in [-0.05, 0) is 37.1 Å².